The number of hydrogen-bond acceptors (Lipinski definition) is 10. The van der Waals surface area contributed by atoms with E-state index in [0.29, 0.717) is 19.3 Å². The van der Waals surface area contributed by atoms with Gasteiger partial charge in [0.1, 0.15) is 36.6 Å². The van der Waals surface area contributed by atoms with E-state index in [2.05, 4.69) is 19.2 Å². The van der Waals surface area contributed by atoms with Crippen molar-refractivity contribution in [2.45, 2.75) is 319 Å². The molecule has 0 aromatic carbocycles. The average molecular weight is 916 g/mol. The van der Waals surface area contributed by atoms with Crippen LogP contribution in [0.15, 0.2) is 0 Å². The van der Waals surface area contributed by atoms with Crippen LogP contribution in [0.5, 0.6) is 0 Å². The first kappa shape index (κ1) is 61.1. The number of rotatable bonds is 47. The van der Waals surface area contributed by atoms with Crippen LogP contribution in [0.4, 0.5) is 0 Å². The summed E-state index contributed by atoms with van der Waals surface area (Å²) in [7, 11) is 0. The molecule has 0 aromatic rings. The van der Waals surface area contributed by atoms with Crippen LogP contribution in [0, 0.1) is 0 Å². The minimum atomic E-state index is -1.66. The number of carbonyl (C=O) groups excluding carboxylic acids is 1. The van der Waals surface area contributed by atoms with Crippen molar-refractivity contribution in [2.75, 3.05) is 13.2 Å². The second-order valence-electron chi connectivity index (χ2n) is 19.7. The molecule has 0 spiro atoms. The Morgan fingerprint density at radius 1 is 0.484 bits per heavy atom. The van der Waals surface area contributed by atoms with Crippen LogP contribution in [0.2, 0.25) is 0 Å². The first-order valence-electron chi connectivity index (χ1n) is 27.4. The van der Waals surface area contributed by atoms with Gasteiger partial charge < -0.3 is 50.5 Å². The zero-order valence-electron chi connectivity index (χ0n) is 41.5. The normalized spacial score (nSPS) is 20.9. The molecule has 11 heteroatoms. The van der Waals surface area contributed by atoms with E-state index in [1.54, 1.807) is 0 Å². The Kier molecular flexibility index (Phi) is 41.4. The monoisotopic (exact) mass is 916 g/mol. The maximum absolute atomic E-state index is 13.1. The van der Waals surface area contributed by atoms with Crippen LogP contribution >= 0.6 is 0 Å². The Morgan fingerprint density at radius 2 is 0.812 bits per heavy atom. The van der Waals surface area contributed by atoms with Crippen molar-refractivity contribution in [3.63, 3.8) is 0 Å². The number of amides is 1. The van der Waals surface area contributed by atoms with Crippen LogP contribution in [0.1, 0.15) is 264 Å². The largest absolute Gasteiger partial charge is 0.394 e. The van der Waals surface area contributed by atoms with E-state index in [4.69, 9.17) is 9.47 Å². The molecule has 382 valence electrons. The van der Waals surface area contributed by atoms with Gasteiger partial charge in [-0.1, -0.05) is 251 Å². The maximum atomic E-state index is 13.1. The van der Waals surface area contributed by atoms with Crippen LogP contribution in [0.25, 0.3) is 0 Å². The standard InChI is InChI=1S/C53H105NO10/c1-3-5-7-9-11-13-15-17-18-19-20-21-22-23-24-25-26-27-29-30-32-34-36-38-40-45(56)48(58)44(43-63-53-51(61)50(60)49(59)47(42-55)64-53)54-52(62)46(57)41-39-37-35-33-31-28-16-14-12-10-8-6-4-2/h44-51,53,55-61H,3-43H2,1-2H3,(H,54,62). The molecular weight excluding hydrogens is 811 g/mol. The molecule has 0 aliphatic carbocycles. The van der Waals surface area contributed by atoms with Crippen molar-refractivity contribution in [1.82, 2.24) is 5.32 Å². The van der Waals surface area contributed by atoms with Gasteiger partial charge in [-0.05, 0) is 12.8 Å². The van der Waals surface area contributed by atoms with E-state index in [0.717, 1.165) is 38.5 Å². The van der Waals surface area contributed by atoms with E-state index in [1.807, 2.05) is 0 Å². The third-order valence-corrected chi connectivity index (χ3v) is 13.7. The van der Waals surface area contributed by atoms with E-state index in [-0.39, 0.29) is 6.42 Å². The summed E-state index contributed by atoms with van der Waals surface area (Å²) in [5.41, 5.74) is 0. The zero-order valence-corrected chi connectivity index (χ0v) is 41.5. The van der Waals surface area contributed by atoms with Crippen LogP contribution < -0.4 is 5.32 Å². The Labute approximate surface area is 392 Å². The lowest BCUT2D eigenvalue weighted by Crippen LogP contribution is -2.60. The van der Waals surface area contributed by atoms with Crippen LogP contribution in [-0.4, -0.2) is 110 Å². The molecule has 8 N–H and O–H groups in total. The van der Waals surface area contributed by atoms with E-state index < -0.39 is 74.2 Å². The molecular formula is C53H105NO10. The average Bonchev–Trinajstić information content (AvgIpc) is 3.29. The van der Waals surface area contributed by atoms with Crippen LogP contribution in [-0.2, 0) is 14.3 Å². The fraction of sp³-hybridized carbons (Fsp3) is 0.981. The summed E-state index contributed by atoms with van der Waals surface area (Å²) in [5, 5.41) is 76.0. The molecule has 0 saturated carbocycles. The summed E-state index contributed by atoms with van der Waals surface area (Å²) in [4.78, 5) is 13.1. The third kappa shape index (κ3) is 32.0. The quantitative estimate of drug-likeness (QED) is 0.0273. The lowest BCUT2D eigenvalue weighted by Gasteiger charge is -2.40. The molecule has 0 aromatic heterocycles. The van der Waals surface area contributed by atoms with Gasteiger partial charge in [-0.2, -0.15) is 0 Å². The summed E-state index contributed by atoms with van der Waals surface area (Å²) >= 11 is 0. The number of ether oxygens (including phenoxy) is 2. The molecule has 11 nitrogen and oxygen atoms in total. The number of aliphatic hydroxyl groups is 7. The summed E-state index contributed by atoms with van der Waals surface area (Å²) in [6, 6.07) is -1.16. The second kappa shape index (κ2) is 43.4. The molecule has 1 amide bonds. The lowest BCUT2D eigenvalue weighted by molar-refractivity contribution is -0.303. The van der Waals surface area contributed by atoms with E-state index in [1.165, 1.54) is 186 Å². The smallest absolute Gasteiger partial charge is 0.249 e. The highest BCUT2D eigenvalue weighted by atomic mass is 16.7. The Hall–Kier alpha value is -0.890. The van der Waals surface area contributed by atoms with Gasteiger partial charge in [0.05, 0.1) is 25.4 Å². The molecule has 1 rings (SSSR count). The molecule has 0 radical (unpaired) electrons. The SMILES string of the molecule is CCCCCCCCCCCCCCCCCCCCCCCCCCC(O)C(O)C(COC1OC(CO)C(O)C(O)C1O)NC(=O)C(O)CCCCCCCCCCCCCCC. The van der Waals surface area contributed by atoms with Crippen molar-refractivity contribution in [2.24, 2.45) is 0 Å². The Balaban J connectivity index is 2.30. The van der Waals surface area contributed by atoms with Gasteiger partial charge in [0.25, 0.3) is 0 Å². The molecule has 64 heavy (non-hydrogen) atoms. The number of aliphatic hydroxyl groups excluding tert-OH is 7. The first-order chi connectivity index (χ1) is 31.2. The van der Waals surface area contributed by atoms with Crippen molar-refractivity contribution in [3.8, 4) is 0 Å². The summed E-state index contributed by atoms with van der Waals surface area (Å²) in [6.07, 6.45) is 35.8. The number of nitrogens with one attached hydrogen (secondary N) is 1. The van der Waals surface area contributed by atoms with E-state index in [9.17, 15) is 40.5 Å². The highest BCUT2D eigenvalue weighted by Crippen LogP contribution is 2.23. The molecule has 9 unspecified atom stereocenters. The number of unbranched alkanes of at least 4 members (excludes halogenated alkanes) is 35. The minimum absolute atomic E-state index is 0.266. The minimum Gasteiger partial charge on any atom is -0.394 e. The highest BCUT2D eigenvalue weighted by molar-refractivity contribution is 5.80. The second-order valence-corrected chi connectivity index (χ2v) is 19.7. The van der Waals surface area contributed by atoms with Gasteiger partial charge in [0.15, 0.2) is 6.29 Å². The lowest BCUT2D eigenvalue weighted by atomic mass is 9.98. The number of hydrogen-bond donors (Lipinski definition) is 8. The predicted molar refractivity (Wildman–Crippen MR) is 261 cm³/mol. The van der Waals surface area contributed by atoms with Gasteiger partial charge in [0, 0.05) is 0 Å². The van der Waals surface area contributed by atoms with Crippen molar-refractivity contribution >= 4 is 5.91 Å². The Bertz CT molecular complexity index is 1010. The molecule has 1 aliphatic heterocycles. The predicted octanol–water partition coefficient (Wildman–Crippen LogP) is 10.6. The molecule has 1 heterocycles. The van der Waals surface area contributed by atoms with Gasteiger partial charge in [0.2, 0.25) is 5.91 Å². The molecule has 1 saturated heterocycles. The molecule has 1 aliphatic rings. The first-order valence-corrected chi connectivity index (χ1v) is 27.4. The van der Waals surface area contributed by atoms with Crippen LogP contribution in [0.3, 0.4) is 0 Å². The third-order valence-electron chi connectivity index (χ3n) is 13.7. The zero-order chi connectivity index (χ0) is 46.9. The van der Waals surface area contributed by atoms with Crippen molar-refractivity contribution in [1.29, 1.82) is 0 Å². The highest BCUT2D eigenvalue weighted by Gasteiger charge is 2.44. The Morgan fingerprint density at radius 3 is 1.16 bits per heavy atom. The van der Waals surface area contributed by atoms with Gasteiger partial charge in [-0.15, -0.1) is 0 Å². The summed E-state index contributed by atoms with van der Waals surface area (Å²) in [6.45, 7) is 3.47. The van der Waals surface area contributed by atoms with Gasteiger partial charge in [-0.25, -0.2) is 0 Å². The van der Waals surface area contributed by atoms with Crippen molar-refractivity contribution in [3.05, 3.63) is 0 Å². The molecule has 9 atom stereocenters. The fourth-order valence-electron chi connectivity index (χ4n) is 9.15. The number of carbonyl (C=O) groups is 1. The fourth-order valence-corrected chi connectivity index (χ4v) is 9.15. The van der Waals surface area contributed by atoms with Crippen molar-refractivity contribution < 1.29 is 50.0 Å². The topological polar surface area (TPSA) is 189 Å². The van der Waals surface area contributed by atoms with Gasteiger partial charge >= 0.3 is 0 Å². The maximum Gasteiger partial charge on any atom is 0.249 e. The van der Waals surface area contributed by atoms with E-state index >= 15 is 0 Å². The van der Waals surface area contributed by atoms with Gasteiger partial charge in [-0.3, -0.25) is 4.79 Å². The molecule has 1 fully saturated rings. The summed E-state index contributed by atoms with van der Waals surface area (Å²) in [5.74, 6) is -0.692. The molecule has 0 bridgehead atoms. The summed E-state index contributed by atoms with van der Waals surface area (Å²) < 4.78 is 11.1.